The summed E-state index contributed by atoms with van der Waals surface area (Å²) in [5.41, 5.74) is 0.324. The van der Waals surface area contributed by atoms with E-state index in [2.05, 4.69) is 14.7 Å². The van der Waals surface area contributed by atoms with E-state index in [1.807, 2.05) is 5.32 Å². The van der Waals surface area contributed by atoms with Crippen molar-refractivity contribution in [1.29, 1.82) is 0 Å². The monoisotopic (exact) mass is 347 g/mol. The molecule has 122 valence electrons. The van der Waals surface area contributed by atoms with Gasteiger partial charge in [-0.1, -0.05) is 23.7 Å². The molecular formula is C13H9ClF3N3O3. The number of hydrogen-bond donors (Lipinski definition) is 2. The molecule has 10 heteroatoms. The molecule has 1 aromatic heterocycles. The van der Waals surface area contributed by atoms with Gasteiger partial charge in [0.05, 0.1) is 6.20 Å². The minimum Gasteiger partial charge on any atom is -0.466 e. The van der Waals surface area contributed by atoms with Gasteiger partial charge in [0.25, 0.3) is 0 Å². The lowest BCUT2D eigenvalue weighted by atomic mass is 10.1. The first kappa shape index (κ1) is 16.8. The van der Waals surface area contributed by atoms with Crippen LogP contribution in [0.15, 0.2) is 30.5 Å². The van der Waals surface area contributed by atoms with Crippen molar-refractivity contribution in [1.82, 2.24) is 9.97 Å². The minimum atomic E-state index is -4.54. The zero-order valence-electron chi connectivity index (χ0n) is 11.3. The molecule has 0 aliphatic heterocycles. The zero-order valence-corrected chi connectivity index (χ0v) is 12.0. The summed E-state index contributed by atoms with van der Waals surface area (Å²) in [5, 5.41) is 11.0. The second-order valence-corrected chi connectivity index (χ2v) is 4.69. The maximum absolute atomic E-state index is 12.3. The molecule has 0 unspecified atom stereocenters. The van der Waals surface area contributed by atoms with E-state index in [9.17, 15) is 18.0 Å². The third-order valence-corrected chi connectivity index (χ3v) is 2.72. The molecule has 6 nitrogen and oxygen atoms in total. The summed E-state index contributed by atoms with van der Waals surface area (Å²) in [7, 11) is 0. The third kappa shape index (κ3) is 4.99. The third-order valence-electron chi connectivity index (χ3n) is 2.46. The highest BCUT2D eigenvalue weighted by Crippen LogP contribution is 2.29. The van der Waals surface area contributed by atoms with Crippen molar-refractivity contribution < 1.29 is 27.8 Å². The van der Waals surface area contributed by atoms with Crippen LogP contribution in [0.25, 0.3) is 11.3 Å². The Balaban J connectivity index is 2.40. The Morgan fingerprint density at radius 3 is 2.52 bits per heavy atom. The van der Waals surface area contributed by atoms with Crippen molar-refractivity contribution in [2.75, 3.05) is 11.9 Å². The van der Waals surface area contributed by atoms with Gasteiger partial charge in [-0.05, 0) is 12.1 Å². The SMILES string of the molecule is O=C(O)Nc1cnc(OCC(F)(F)F)c(-c2ccc(Cl)cc2)n1. The molecule has 2 rings (SSSR count). The smallest absolute Gasteiger partial charge is 0.422 e. The van der Waals surface area contributed by atoms with Gasteiger partial charge in [-0.15, -0.1) is 0 Å². The number of carboxylic acid groups (broad SMARTS) is 1. The van der Waals surface area contributed by atoms with Crippen molar-refractivity contribution in [2.45, 2.75) is 6.18 Å². The van der Waals surface area contributed by atoms with Crippen LogP contribution < -0.4 is 10.1 Å². The number of benzene rings is 1. The van der Waals surface area contributed by atoms with Gasteiger partial charge in [0.1, 0.15) is 5.69 Å². The topological polar surface area (TPSA) is 84.3 Å². The Morgan fingerprint density at radius 2 is 1.96 bits per heavy atom. The molecule has 2 N–H and O–H groups in total. The lowest BCUT2D eigenvalue weighted by molar-refractivity contribution is -0.154. The number of ether oxygens (including phenoxy) is 1. The van der Waals surface area contributed by atoms with E-state index in [0.29, 0.717) is 10.6 Å². The Bertz CT molecular complexity index is 708. The fourth-order valence-corrected chi connectivity index (χ4v) is 1.73. The van der Waals surface area contributed by atoms with Gasteiger partial charge in [-0.3, -0.25) is 5.32 Å². The lowest BCUT2D eigenvalue weighted by Crippen LogP contribution is -2.20. The number of rotatable bonds is 4. The predicted molar refractivity (Wildman–Crippen MR) is 75.7 cm³/mol. The molecule has 0 saturated carbocycles. The minimum absolute atomic E-state index is 0.0443. The van der Waals surface area contributed by atoms with Gasteiger partial charge >= 0.3 is 12.3 Å². The van der Waals surface area contributed by atoms with Gasteiger partial charge in [0, 0.05) is 10.6 Å². The van der Waals surface area contributed by atoms with Gasteiger partial charge < -0.3 is 9.84 Å². The number of carbonyl (C=O) groups is 1. The molecular weight excluding hydrogens is 339 g/mol. The van der Waals surface area contributed by atoms with E-state index in [0.717, 1.165) is 6.20 Å². The van der Waals surface area contributed by atoms with Crippen LogP contribution in [0, 0.1) is 0 Å². The van der Waals surface area contributed by atoms with E-state index in [1.165, 1.54) is 24.3 Å². The number of nitrogens with zero attached hydrogens (tertiary/aromatic N) is 2. The molecule has 1 heterocycles. The molecule has 1 aromatic carbocycles. The molecule has 0 aliphatic rings. The summed E-state index contributed by atoms with van der Waals surface area (Å²) in [6, 6.07) is 6.00. The average Bonchev–Trinajstić information content (AvgIpc) is 2.45. The Kier molecular flexibility index (Phi) is 4.89. The molecule has 0 atom stereocenters. The van der Waals surface area contributed by atoms with E-state index in [1.54, 1.807) is 0 Å². The first-order valence-electron chi connectivity index (χ1n) is 6.07. The van der Waals surface area contributed by atoms with Gasteiger partial charge in [0.2, 0.25) is 5.88 Å². The van der Waals surface area contributed by atoms with E-state index in [4.69, 9.17) is 16.7 Å². The van der Waals surface area contributed by atoms with E-state index in [-0.39, 0.29) is 17.4 Å². The molecule has 0 bridgehead atoms. The molecule has 0 aliphatic carbocycles. The Morgan fingerprint density at radius 1 is 1.30 bits per heavy atom. The largest absolute Gasteiger partial charge is 0.466 e. The Hall–Kier alpha value is -2.55. The number of anilines is 1. The highest BCUT2D eigenvalue weighted by molar-refractivity contribution is 6.30. The van der Waals surface area contributed by atoms with Crippen molar-refractivity contribution in [3.05, 3.63) is 35.5 Å². The lowest BCUT2D eigenvalue weighted by Gasteiger charge is -2.12. The van der Waals surface area contributed by atoms with Gasteiger partial charge in [-0.25, -0.2) is 14.8 Å². The summed E-state index contributed by atoms with van der Waals surface area (Å²) in [5.74, 6) is -0.526. The highest BCUT2D eigenvalue weighted by atomic mass is 35.5. The van der Waals surface area contributed by atoms with Crippen LogP contribution in [-0.2, 0) is 0 Å². The summed E-state index contributed by atoms with van der Waals surface area (Å²) in [6.07, 6.45) is -4.97. The highest BCUT2D eigenvalue weighted by Gasteiger charge is 2.29. The second-order valence-electron chi connectivity index (χ2n) is 4.25. The summed E-state index contributed by atoms with van der Waals surface area (Å²) < 4.78 is 41.5. The first-order valence-corrected chi connectivity index (χ1v) is 6.45. The number of nitrogens with one attached hydrogen (secondary N) is 1. The zero-order chi connectivity index (χ0) is 17.0. The maximum Gasteiger partial charge on any atom is 0.422 e. The van der Waals surface area contributed by atoms with Crippen LogP contribution in [0.1, 0.15) is 0 Å². The van der Waals surface area contributed by atoms with Crippen LogP contribution in [0.4, 0.5) is 23.8 Å². The molecule has 2 aromatic rings. The van der Waals surface area contributed by atoms with Crippen LogP contribution in [0.2, 0.25) is 5.02 Å². The molecule has 0 spiro atoms. The van der Waals surface area contributed by atoms with Crippen LogP contribution in [0.3, 0.4) is 0 Å². The number of alkyl halides is 3. The van der Waals surface area contributed by atoms with E-state index >= 15 is 0 Å². The van der Waals surface area contributed by atoms with Crippen molar-refractivity contribution >= 4 is 23.5 Å². The number of halogens is 4. The van der Waals surface area contributed by atoms with Crippen LogP contribution >= 0.6 is 11.6 Å². The Labute approximate surface area is 132 Å². The molecule has 23 heavy (non-hydrogen) atoms. The quantitative estimate of drug-likeness (QED) is 0.878. The van der Waals surface area contributed by atoms with Gasteiger partial charge in [-0.2, -0.15) is 13.2 Å². The molecule has 1 amide bonds. The second kappa shape index (κ2) is 6.69. The standard InChI is InChI=1S/C13H9ClF3N3O3/c14-8-3-1-7(2-4-8)10-11(23-6-13(15,16)17)18-5-9(19-10)20-12(21)22/h1-5H,6H2,(H,19,20)(H,21,22). The summed E-state index contributed by atoms with van der Waals surface area (Å²) in [4.78, 5) is 18.2. The van der Waals surface area contributed by atoms with Crippen molar-refractivity contribution in [2.24, 2.45) is 0 Å². The predicted octanol–water partition coefficient (Wildman–Crippen LogP) is 3.83. The normalized spacial score (nSPS) is 11.1. The van der Waals surface area contributed by atoms with Crippen LogP contribution in [-0.4, -0.2) is 34.0 Å². The first-order chi connectivity index (χ1) is 10.7. The summed E-state index contributed by atoms with van der Waals surface area (Å²) >= 11 is 5.75. The van der Waals surface area contributed by atoms with Gasteiger partial charge in [0.15, 0.2) is 12.4 Å². The number of aromatic nitrogens is 2. The summed E-state index contributed by atoms with van der Waals surface area (Å²) in [6.45, 7) is -1.55. The average molecular weight is 348 g/mol. The van der Waals surface area contributed by atoms with E-state index < -0.39 is 18.9 Å². The van der Waals surface area contributed by atoms with Crippen LogP contribution in [0.5, 0.6) is 5.88 Å². The fraction of sp³-hybridized carbons (Fsp3) is 0.154. The fourth-order valence-electron chi connectivity index (χ4n) is 1.60. The number of amides is 1. The van der Waals surface area contributed by atoms with Crippen molar-refractivity contribution in [3.8, 4) is 17.1 Å². The van der Waals surface area contributed by atoms with Crippen molar-refractivity contribution in [3.63, 3.8) is 0 Å². The molecule has 0 radical (unpaired) electrons. The molecule has 0 saturated heterocycles. The maximum atomic E-state index is 12.3. The number of hydrogen-bond acceptors (Lipinski definition) is 4. The molecule has 0 fully saturated rings.